The molecule has 0 heterocycles. The molecule has 0 aliphatic carbocycles. The monoisotopic (exact) mass is 516 g/mol. The molecule has 0 radical (unpaired) electrons. The number of halogens is 2. The van der Waals surface area contributed by atoms with Crippen molar-refractivity contribution in [2.24, 2.45) is 0 Å². The molecule has 22 heavy (non-hydrogen) atoms. The van der Waals surface area contributed by atoms with E-state index >= 15 is 0 Å². The van der Waals surface area contributed by atoms with Crippen LogP contribution in [0.2, 0.25) is 0 Å². The molecule has 0 fully saturated rings. The Morgan fingerprint density at radius 1 is 0.727 bits per heavy atom. The van der Waals surface area contributed by atoms with Gasteiger partial charge >= 0.3 is 0 Å². The zero-order valence-electron chi connectivity index (χ0n) is 11.9. The average molecular weight is 516 g/mol. The first kappa shape index (κ1) is 17.2. The van der Waals surface area contributed by atoms with Crippen LogP contribution in [0, 0.1) is 19.7 Å². The van der Waals surface area contributed by atoms with Crippen LogP contribution in [0.1, 0.15) is 12.8 Å². The van der Waals surface area contributed by atoms with Gasteiger partial charge in [0.15, 0.2) is 0 Å². The van der Waals surface area contributed by atoms with Gasteiger partial charge < -0.3 is 9.47 Å². The Balaban J connectivity index is 2.04. The van der Waals surface area contributed by atoms with E-state index in [1.54, 1.807) is 0 Å². The summed E-state index contributed by atoms with van der Waals surface area (Å²) in [6.45, 7) is 1.21. The smallest absolute Gasteiger partial charge is 0.119 e. The summed E-state index contributed by atoms with van der Waals surface area (Å²) in [5.41, 5.74) is 0. The van der Waals surface area contributed by atoms with Gasteiger partial charge in [-0.2, -0.15) is 0 Å². The first-order valence-electron chi connectivity index (χ1n) is 6.80. The molecule has 0 spiro atoms. The van der Waals surface area contributed by atoms with Gasteiger partial charge in [-0.05, 0) is 42.9 Å². The number of ether oxygens (including phenoxy) is 2. The fourth-order valence-corrected chi connectivity index (χ4v) is 2.46. The van der Waals surface area contributed by atoms with Gasteiger partial charge in [-0.15, -0.1) is 0 Å². The van der Waals surface area contributed by atoms with E-state index in [0.717, 1.165) is 29.7 Å². The second-order valence-corrected chi connectivity index (χ2v) is 5.49. The summed E-state index contributed by atoms with van der Waals surface area (Å²) in [6, 6.07) is 12.1. The van der Waals surface area contributed by atoms with Crippen molar-refractivity contribution in [3.8, 4) is 31.2 Å². The molecule has 0 aromatic heterocycles. The summed E-state index contributed by atoms with van der Waals surface area (Å²) in [5, 5.41) is 2.27. The molecular formula is C18H14I2O2. The van der Waals surface area contributed by atoms with Crippen molar-refractivity contribution in [3.63, 3.8) is 0 Å². The van der Waals surface area contributed by atoms with Crippen molar-refractivity contribution in [2.45, 2.75) is 12.8 Å². The zero-order chi connectivity index (χ0) is 15.6. The fourth-order valence-electron chi connectivity index (χ4n) is 1.92. The minimum atomic E-state index is 0.604. The van der Waals surface area contributed by atoms with Crippen LogP contribution in [-0.2, 0) is 0 Å². The summed E-state index contributed by atoms with van der Waals surface area (Å²) in [5.74, 6) is 7.67. The van der Waals surface area contributed by atoms with E-state index in [9.17, 15) is 0 Å². The fraction of sp³-hybridized carbons (Fsp3) is 0.222. The van der Waals surface area contributed by atoms with E-state index in [1.807, 2.05) is 69.4 Å². The molecule has 112 valence electrons. The Hall–Kier alpha value is -1.12. The molecule has 2 aromatic carbocycles. The van der Waals surface area contributed by atoms with Gasteiger partial charge in [-0.1, -0.05) is 24.0 Å². The molecule has 0 aliphatic heterocycles. The molecule has 0 saturated heterocycles. The van der Waals surface area contributed by atoms with Crippen LogP contribution in [-0.4, -0.2) is 13.2 Å². The van der Waals surface area contributed by atoms with Crippen LogP contribution < -0.4 is 9.47 Å². The van der Waals surface area contributed by atoms with Crippen LogP contribution in [0.25, 0.3) is 10.8 Å². The highest BCUT2D eigenvalue weighted by Crippen LogP contribution is 2.25. The molecule has 0 atom stereocenters. The number of hydrogen-bond donors (Lipinski definition) is 0. The number of rotatable bonds is 6. The quantitative estimate of drug-likeness (QED) is 0.300. The van der Waals surface area contributed by atoms with Crippen molar-refractivity contribution in [2.75, 3.05) is 13.2 Å². The molecule has 0 saturated carbocycles. The topological polar surface area (TPSA) is 18.5 Å². The van der Waals surface area contributed by atoms with Gasteiger partial charge in [0, 0.05) is 58.0 Å². The molecule has 2 aromatic rings. The highest BCUT2D eigenvalue weighted by molar-refractivity contribution is 14.1. The first-order valence-corrected chi connectivity index (χ1v) is 8.95. The average Bonchev–Trinajstić information content (AvgIpc) is 2.55. The summed E-state index contributed by atoms with van der Waals surface area (Å²) in [7, 11) is 0. The van der Waals surface area contributed by atoms with E-state index in [1.165, 1.54) is 5.39 Å². The van der Waals surface area contributed by atoms with Crippen LogP contribution in [0.3, 0.4) is 0 Å². The van der Waals surface area contributed by atoms with Crippen molar-refractivity contribution in [1.29, 1.82) is 0 Å². The Kier molecular flexibility index (Phi) is 7.68. The Bertz CT molecular complexity index is 687. The second-order valence-electron chi connectivity index (χ2n) is 4.41. The second kappa shape index (κ2) is 9.81. The van der Waals surface area contributed by atoms with Gasteiger partial charge in [0.05, 0.1) is 13.2 Å². The normalized spacial score (nSPS) is 9.36. The number of hydrogen-bond acceptors (Lipinski definition) is 2. The van der Waals surface area contributed by atoms with Gasteiger partial charge in [0.2, 0.25) is 0 Å². The first-order chi connectivity index (χ1) is 10.8. The molecule has 2 nitrogen and oxygen atoms in total. The molecule has 0 N–H and O–H groups in total. The van der Waals surface area contributed by atoms with E-state index in [-0.39, 0.29) is 0 Å². The van der Waals surface area contributed by atoms with Gasteiger partial charge in [0.25, 0.3) is 0 Å². The molecule has 4 heteroatoms. The molecule has 0 aliphatic rings. The van der Waals surface area contributed by atoms with Crippen LogP contribution in [0.4, 0.5) is 0 Å². The van der Waals surface area contributed by atoms with Crippen molar-refractivity contribution in [3.05, 3.63) is 36.4 Å². The Morgan fingerprint density at radius 3 is 1.68 bits per heavy atom. The summed E-state index contributed by atoms with van der Waals surface area (Å²) < 4.78 is 17.1. The van der Waals surface area contributed by atoms with E-state index in [0.29, 0.717) is 13.2 Å². The minimum Gasteiger partial charge on any atom is -0.493 e. The Morgan fingerprint density at radius 2 is 1.23 bits per heavy atom. The van der Waals surface area contributed by atoms with Gasteiger partial charge in [0.1, 0.15) is 11.5 Å². The van der Waals surface area contributed by atoms with E-state index in [4.69, 9.17) is 9.47 Å². The Labute approximate surface area is 158 Å². The van der Waals surface area contributed by atoms with E-state index in [2.05, 4.69) is 31.8 Å². The lowest BCUT2D eigenvalue weighted by molar-refractivity contribution is 0.326. The van der Waals surface area contributed by atoms with Crippen LogP contribution in [0.5, 0.6) is 11.5 Å². The molecule has 0 unspecified atom stereocenters. The maximum Gasteiger partial charge on any atom is 0.119 e. The number of benzene rings is 2. The lowest BCUT2D eigenvalue weighted by atomic mass is 10.1. The predicted octanol–water partition coefficient (Wildman–Crippen LogP) is 5.17. The highest BCUT2D eigenvalue weighted by atomic mass is 127. The van der Waals surface area contributed by atoms with Crippen LogP contribution >= 0.6 is 45.2 Å². The third-order valence-corrected chi connectivity index (χ3v) is 3.67. The van der Waals surface area contributed by atoms with Gasteiger partial charge in [-0.25, -0.2) is 0 Å². The standard InChI is InChI=1S/C18H14I2O2/c19-9-1-3-11-21-17-7-5-15-6-8-18(14-16(15)13-17)22-12-4-2-10-20/h5-8,13-14H,3-4,11-12H2. The molecule has 0 amide bonds. The summed E-state index contributed by atoms with van der Waals surface area (Å²) in [6.07, 6.45) is 1.48. The molecule has 0 bridgehead atoms. The maximum atomic E-state index is 5.70. The molecule has 2 rings (SSSR count). The maximum absolute atomic E-state index is 5.70. The van der Waals surface area contributed by atoms with Crippen molar-refractivity contribution >= 4 is 56.0 Å². The van der Waals surface area contributed by atoms with Crippen LogP contribution in [0.15, 0.2) is 36.4 Å². The summed E-state index contributed by atoms with van der Waals surface area (Å²) >= 11 is 4.07. The van der Waals surface area contributed by atoms with E-state index < -0.39 is 0 Å². The highest BCUT2D eigenvalue weighted by Gasteiger charge is 2.00. The summed E-state index contributed by atoms with van der Waals surface area (Å²) in [4.78, 5) is 0. The minimum absolute atomic E-state index is 0.604. The number of fused-ring (bicyclic) bond motifs is 1. The zero-order valence-corrected chi connectivity index (χ0v) is 16.2. The van der Waals surface area contributed by atoms with Crippen molar-refractivity contribution < 1.29 is 9.47 Å². The lowest BCUT2D eigenvalue weighted by Gasteiger charge is -2.08. The largest absolute Gasteiger partial charge is 0.493 e. The van der Waals surface area contributed by atoms with Gasteiger partial charge in [-0.3, -0.25) is 0 Å². The predicted molar refractivity (Wildman–Crippen MR) is 108 cm³/mol. The van der Waals surface area contributed by atoms with Crippen molar-refractivity contribution in [1.82, 2.24) is 0 Å². The lowest BCUT2D eigenvalue weighted by Crippen LogP contribution is -1.96. The SMILES string of the molecule is IC#CCCOc1ccc2ccc(OCCC#CI)cc2c1. The third-order valence-electron chi connectivity index (χ3n) is 2.91. The third kappa shape index (κ3) is 5.58. The molecular weight excluding hydrogens is 502 g/mol.